The van der Waals surface area contributed by atoms with Gasteiger partial charge >= 0.3 is 0 Å². The van der Waals surface area contributed by atoms with E-state index in [0.717, 1.165) is 11.1 Å². The van der Waals surface area contributed by atoms with Crippen LogP contribution in [0.5, 0.6) is 11.5 Å². The second-order valence-electron chi connectivity index (χ2n) is 9.93. The first-order chi connectivity index (χ1) is 22.1. The summed E-state index contributed by atoms with van der Waals surface area (Å²) in [5.74, 6) is 2.42. The minimum absolute atomic E-state index is 0.119. The van der Waals surface area contributed by atoms with Crippen LogP contribution in [0.3, 0.4) is 0 Å². The number of methoxy groups -OCH3 is 2. The van der Waals surface area contributed by atoms with Gasteiger partial charge in [-0.05, 0) is 30.7 Å². The van der Waals surface area contributed by atoms with Crippen LogP contribution in [0, 0.1) is 6.92 Å². The minimum Gasteiger partial charge on any atom is -0.493 e. The summed E-state index contributed by atoms with van der Waals surface area (Å²) in [7, 11) is 3.22. The lowest BCUT2D eigenvalue weighted by atomic mass is 10.1. The molecule has 1 amide bonds. The van der Waals surface area contributed by atoms with Crippen LogP contribution in [0.4, 0.5) is 17.8 Å². The first kappa shape index (κ1) is 33.0. The molecule has 12 nitrogen and oxygen atoms in total. The normalized spacial score (nSPS) is 10.6. The Kier molecular flexibility index (Phi) is 13.2. The Balaban J connectivity index is 1.24. The molecular weight excluding hydrogens is 574 g/mol. The number of aryl methyl sites for hydroxylation is 1. The molecule has 1 aromatic heterocycles. The van der Waals surface area contributed by atoms with Crippen molar-refractivity contribution in [2.45, 2.75) is 20.0 Å². The molecule has 1 heterocycles. The summed E-state index contributed by atoms with van der Waals surface area (Å²) in [6, 6.07) is 23.1. The van der Waals surface area contributed by atoms with Gasteiger partial charge in [0.2, 0.25) is 17.8 Å². The molecular formula is C33H41N7O5. The van der Waals surface area contributed by atoms with Gasteiger partial charge in [-0.3, -0.25) is 4.79 Å². The van der Waals surface area contributed by atoms with Gasteiger partial charge in [0.25, 0.3) is 5.91 Å². The zero-order valence-corrected chi connectivity index (χ0v) is 26.0. The number of ether oxygens (including phenoxy) is 4. The molecule has 0 radical (unpaired) electrons. The molecule has 0 atom stereocenters. The minimum atomic E-state index is -0.119. The van der Waals surface area contributed by atoms with E-state index in [1.807, 2.05) is 36.4 Å². The maximum Gasteiger partial charge on any atom is 0.251 e. The lowest BCUT2D eigenvalue weighted by Crippen LogP contribution is -2.27. The number of nitrogens with one attached hydrogen (secondary N) is 4. The molecule has 45 heavy (non-hydrogen) atoms. The maximum atomic E-state index is 12.0. The number of hydrogen-bond acceptors (Lipinski definition) is 11. The molecule has 0 aliphatic rings. The van der Waals surface area contributed by atoms with Crippen LogP contribution in [0.1, 0.15) is 27.0 Å². The van der Waals surface area contributed by atoms with Gasteiger partial charge in [-0.25, -0.2) is 0 Å². The SMILES string of the molecule is COc1cccc(CNc2nc(NCCOCCOCCNC(=O)c3ccccc3)nc(NCc3ccc(C)cc3)n2)c1OC. The lowest BCUT2D eigenvalue weighted by molar-refractivity contribution is 0.0519. The second-order valence-corrected chi connectivity index (χ2v) is 9.93. The van der Waals surface area contributed by atoms with Crippen LogP contribution in [-0.4, -0.2) is 74.6 Å². The van der Waals surface area contributed by atoms with Crippen molar-refractivity contribution in [1.29, 1.82) is 0 Å². The first-order valence-electron chi connectivity index (χ1n) is 14.8. The number of aromatic nitrogens is 3. The summed E-state index contributed by atoms with van der Waals surface area (Å²) >= 11 is 0. The Hall–Kier alpha value is -4.94. The van der Waals surface area contributed by atoms with E-state index >= 15 is 0 Å². The monoisotopic (exact) mass is 615 g/mol. The second kappa shape index (κ2) is 18.0. The Morgan fingerprint density at radius 3 is 1.98 bits per heavy atom. The number of amides is 1. The number of para-hydroxylation sites is 1. The summed E-state index contributed by atoms with van der Waals surface area (Å²) in [6.07, 6.45) is 0. The van der Waals surface area contributed by atoms with E-state index in [1.165, 1.54) is 5.56 Å². The summed E-state index contributed by atoms with van der Waals surface area (Å²) in [5, 5.41) is 12.6. The van der Waals surface area contributed by atoms with E-state index in [0.29, 0.717) is 87.5 Å². The van der Waals surface area contributed by atoms with Crippen LogP contribution >= 0.6 is 0 Å². The molecule has 0 bridgehead atoms. The molecule has 0 unspecified atom stereocenters. The molecule has 3 aromatic carbocycles. The van der Waals surface area contributed by atoms with E-state index in [9.17, 15) is 4.79 Å². The highest BCUT2D eigenvalue weighted by atomic mass is 16.5. The summed E-state index contributed by atoms with van der Waals surface area (Å²) in [4.78, 5) is 25.7. The van der Waals surface area contributed by atoms with Crippen molar-refractivity contribution in [3.63, 3.8) is 0 Å². The van der Waals surface area contributed by atoms with Gasteiger partial charge in [-0.2, -0.15) is 15.0 Å². The molecule has 4 aromatic rings. The molecule has 0 saturated heterocycles. The highest BCUT2D eigenvalue weighted by Crippen LogP contribution is 2.31. The third kappa shape index (κ3) is 10.9. The zero-order valence-electron chi connectivity index (χ0n) is 26.0. The molecule has 0 aliphatic carbocycles. The number of benzene rings is 3. The van der Waals surface area contributed by atoms with Gasteiger partial charge in [0, 0.05) is 37.3 Å². The van der Waals surface area contributed by atoms with Gasteiger partial charge in [-0.15, -0.1) is 0 Å². The molecule has 0 aliphatic heterocycles. The van der Waals surface area contributed by atoms with E-state index in [2.05, 4.69) is 67.4 Å². The van der Waals surface area contributed by atoms with Gasteiger partial charge in [-0.1, -0.05) is 60.2 Å². The molecule has 238 valence electrons. The van der Waals surface area contributed by atoms with Crippen LogP contribution in [-0.2, 0) is 22.6 Å². The van der Waals surface area contributed by atoms with Crippen molar-refractivity contribution in [1.82, 2.24) is 20.3 Å². The largest absolute Gasteiger partial charge is 0.493 e. The smallest absolute Gasteiger partial charge is 0.251 e. The fourth-order valence-electron chi connectivity index (χ4n) is 4.25. The average molecular weight is 616 g/mol. The van der Waals surface area contributed by atoms with E-state index in [4.69, 9.17) is 18.9 Å². The summed E-state index contributed by atoms with van der Waals surface area (Å²) in [6.45, 7) is 5.62. The standard InChI is InChI=1S/C33H41N7O5/c1-24-12-14-25(15-13-24)22-36-32-38-31(39-33(40-32)37-23-27-10-7-11-28(42-2)29(27)43-3)35-17-19-45-21-20-44-18-16-34-30(41)26-8-5-4-6-9-26/h4-15H,16-23H2,1-3H3,(H,34,41)(H3,35,36,37,38,39,40). The zero-order chi connectivity index (χ0) is 31.7. The Morgan fingerprint density at radius 2 is 1.31 bits per heavy atom. The quantitative estimate of drug-likeness (QED) is 0.112. The number of hydrogen-bond donors (Lipinski definition) is 4. The Labute approximate surface area is 263 Å². The predicted molar refractivity (Wildman–Crippen MR) is 174 cm³/mol. The van der Waals surface area contributed by atoms with Crippen molar-refractivity contribution in [2.24, 2.45) is 0 Å². The number of nitrogens with zero attached hydrogens (tertiary/aromatic N) is 3. The van der Waals surface area contributed by atoms with E-state index < -0.39 is 0 Å². The van der Waals surface area contributed by atoms with Crippen molar-refractivity contribution in [3.05, 3.63) is 95.1 Å². The topological polar surface area (TPSA) is 141 Å². The molecule has 4 N–H and O–H groups in total. The van der Waals surface area contributed by atoms with E-state index in [-0.39, 0.29) is 5.91 Å². The van der Waals surface area contributed by atoms with Gasteiger partial charge in [0.15, 0.2) is 11.5 Å². The van der Waals surface area contributed by atoms with Crippen molar-refractivity contribution < 1.29 is 23.7 Å². The highest BCUT2D eigenvalue weighted by molar-refractivity contribution is 5.94. The van der Waals surface area contributed by atoms with Crippen molar-refractivity contribution in [2.75, 3.05) is 69.7 Å². The average Bonchev–Trinajstić information content (AvgIpc) is 3.07. The van der Waals surface area contributed by atoms with Crippen LogP contribution in [0.25, 0.3) is 0 Å². The molecule has 4 rings (SSSR count). The van der Waals surface area contributed by atoms with Crippen LogP contribution in [0.15, 0.2) is 72.8 Å². The maximum absolute atomic E-state index is 12.0. The fraction of sp³-hybridized carbons (Fsp3) is 0.333. The van der Waals surface area contributed by atoms with Gasteiger partial charge in [0.1, 0.15) is 0 Å². The number of rotatable bonds is 19. The predicted octanol–water partition coefficient (Wildman–Crippen LogP) is 4.30. The molecule has 0 spiro atoms. The van der Waals surface area contributed by atoms with Gasteiger partial charge in [0.05, 0.1) is 40.6 Å². The van der Waals surface area contributed by atoms with Crippen molar-refractivity contribution >= 4 is 23.8 Å². The third-order valence-corrected chi connectivity index (χ3v) is 6.60. The Morgan fingerprint density at radius 1 is 0.667 bits per heavy atom. The van der Waals surface area contributed by atoms with Gasteiger partial charge < -0.3 is 40.2 Å². The molecule has 0 saturated carbocycles. The number of carbonyl (C=O) groups is 1. The van der Waals surface area contributed by atoms with Crippen LogP contribution < -0.4 is 30.7 Å². The van der Waals surface area contributed by atoms with Crippen LogP contribution in [0.2, 0.25) is 0 Å². The summed E-state index contributed by atoms with van der Waals surface area (Å²) in [5.41, 5.74) is 3.84. The molecule has 12 heteroatoms. The number of carbonyl (C=O) groups excluding carboxylic acids is 1. The van der Waals surface area contributed by atoms with Crippen molar-refractivity contribution in [3.8, 4) is 11.5 Å². The Bertz CT molecular complexity index is 1470. The number of anilines is 3. The summed E-state index contributed by atoms with van der Waals surface area (Å²) < 4.78 is 22.2. The molecule has 0 fully saturated rings. The highest BCUT2D eigenvalue weighted by Gasteiger charge is 2.12. The first-order valence-corrected chi connectivity index (χ1v) is 14.8. The lowest BCUT2D eigenvalue weighted by Gasteiger charge is -2.14. The fourth-order valence-corrected chi connectivity index (χ4v) is 4.25. The third-order valence-electron chi connectivity index (χ3n) is 6.60. The van der Waals surface area contributed by atoms with E-state index in [1.54, 1.807) is 26.4 Å².